The van der Waals surface area contributed by atoms with Crippen molar-refractivity contribution in [2.75, 3.05) is 6.54 Å². The Hall–Kier alpha value is -1.54. The van der Waals surface area contributed by atoms with Crippen LogP contribution < -0.4 is 16.4 Å². The van der Waals surface area contributed by atoms with E-state index in [0.29, 0.717) is 18.0 Å². The summed E-state index contributed by atoms with van der Waals surface area (Å²) < 4.78 is 0. The SMILES string of the molecule is CC(C)(NC(=S)CCC(=O)[C@H](CCCCN)NC(=O)C1CCCC1)C(=O)O. The lowest BCUT2D eigenvalue weighted by atomic mass is 9.99. The zero-order valence-corrected chi connectivity index (χ0v) is 17.2. The van der Waals surface area contributed by atoms with Crippen LogP contribution in [0.2, 0.25) is 0 Å². The second kappa shape index (κ2) is 11.3. The van der Waals surface area contributed by atoms with Crippen LogP contribution in [0, 0.1) is 5.92 Å². The molecule has 1 aliphatic carbocycles. The number of carbonyl (C=O) groups is 3. The molecule has 0 spiro atoms. The van der Waals surface area contributed by atoms with E-state index in [1.54, 1.807) is 0 Å². The van der Waals surface area contributed by atoms with Gasteiger partial charge in [-0.3, -0.25) is 9.59 Å². The molecule has 7 nitrogen and oxygen atoms in total. The molecule has 1 saturated carbocycles. The fourth-order valence-electron chi connectivity index (χ4n) is 3.16. The summed E-state index contributed by atoms with van der Waals surface area (Å²) in [4.78, 5) is 36.5. The average Bonchev–Trinajstić information content (AvgIpc) is 3.13. The van der Waals surface area contributed by atoms with Crippen molar-refractivity contribution < 1.29 is 19.5 Å². The van der Waals surface area contributed by atoms with Crippen molar-refractivity contribution in [3.8, 4) is 0 Å². The summed E-state index contributed by atoms with van der Waals surface area (Å²) >= 11 is 5.18. The number of aliphatic carboxylic acids is 1. The Balaban J connectivity index is 2.57. The number of thiocarbonyl (C=S) groups is 1. The molecule has 0 aromatic heterocycles. The molecule has 0 radical (unpaired) electrons. The van der Waals surface area contributed by atoms with Gasteiger partial charge in [-0.15, -0.1) is 0 Å². The molecule has 154 valence electrons. The predicted molar refractivity (Wildman–Crippen MR) is 108 cm³/mol. The van der Waals surface area contributed by atoms with Gasteiger partial charge >= 0.3 is 5.97 Å². The van der Waals surface area contributed by atoms with Crippen LogP contribution in [0.25, 0.3) is 0 Å². The Morgan fingerprint density at radius 2 is 1.81 bits per heavy atom. The van der Waals surface area contributed by atoms with Gasteiger partial charge in [-0.2, -0.15) is 0 Å². The summed E-state index contributed by atoms with van der Waals surface area (Å²) in [5, 5.41) is 14.8. The lowest BCUT2D eigenvalue weighted by Crippen LogP contribution is -2.49. The third-order valence-electron chi connectivity index (χ3n) is 4.96. The summed E-state index contributed by atoms with van der Waals surface area (Å²) in [6.07, 6.45) is 6.45. The molecule has 0 aromatic rings. The Morgan fingerprint density at radius 3 is 2.37 bits per heavy atom. The van der Waals surface area contributed by atoms with E-state index >= 15 is 0 Å². The first kappa shape index (κ1) is 23.5. The molecule has 1 aliphatic rings. The molecule has 0 unspecified atom stereocenters. The largest absolute Gasteiger partial charge is 0.480 e. The molecule has 0 saturated heterocycles. The molecule has 8 heteroatoms. The number of ketones is 1. The van der Waals surface area contributed by atoms with Crippen molar-refractivity contribution in [2.24, 2.45) is 11.7 Å². The Labute approximate surface area is 166 Å². The minimum atomic E-state index is -1.18. The number of nitrogens with one attached hydrogen (secondary N) is 2. The molecular weight excluding hydrogens is 366 g/mol. The van der Waals surface area contributed by atoms with Crippen LogP contribution in [0.3, 0.4) is 0 Å². The molecule has 1 fully saturated rings. The molecule has 1 rings (SSSR count). The molecule has 1 amide bonds. The normalized spacial score (nSPS) is 16.0. The van der Waals surface area contributed by atoms with Crippen molar-refractivity contribution in [2.45, 2.75) is 83.2 Å². The molecule has 1 atom stereocenters. The summed E-state index contributed by atoms with van der Waals surface area (Å²) in [6.45, 7) is 3.58. The van der Waals surface area contributed by atoms with Gasteiger partial charge < -0.3 is 21.5 Å². The van der Waals surface area contributed by atoms with Crippen LogP contribution >= 0.6 is 12.2 Å². The highest BCUT2D eigenvalue weighted by atomic mass is 32.1. The van der Waals surface area contributed by atoms with Gasteiger partial charge in [-0.05, 0) is 52.5 Å². The number of carboxylic acid groups (broad SMARTS) is 1. The highest BCUT2D eigenvalue weighted by Gasteiger charge is 2.29. The maximum Gasteiger partial charge on any atom is 0.328 e. The number of nitrogens with two attached hydrogens (primary N) is 1. The molecule has 0 heterocycles. The van der Waals surface area contributed by atoms with Gasteiger partial charge in [0.15, 0.2) is 5.78 Å². The molecule has 0 aromatic carbocycles. The van der Waals surface area contributed by atoms with Crippen LogP contribution in [-0.2, 0) is 14.4 Å². The molecular formula is C19H33N3O4S. The number of unbranched alkanes of at least 4 members (excludes halogenated alkanes) is 1. The Kier molecular flexibility index (Phi) is 9.87. The summed E-state index contributed by atoms with van der Waals surface area (Å²) in [6, 6.07) is -0.528. The first-order valence-corrected chi connectivity index (χ1v) is 10.2. The van der Waals surface area contributed by atoms with Crippen LogP contribution in [0.5, 0.6) is 0 Å². The van der Waals surface area contributed by atoms with Crippen LogP contribution in [0.15, 0.2) is 0 Å². The van der Waals surface area contributed by atoms with Crippen LogP contribution in [0.4, 0.5) is 0 Å². The second-order valence-corrected chi connectivity index (χ2v) is 8.26. The number of amides is 1. The van der Waals surface area contributed by atoms with Crippen molar-refractivity contribution in [1.29, 1.82) is 0 Å². The van der Waals surface area contributed by atoms with Crippen molar-refractivity contribution in [3.63, 3.8) is 0 Å². The van der Waals surface area contributed by atoms with E-state index in [9.17, 15) is 14.4 Å². The highest BCUT2D eigenvalue weighted by Crippen LogP contribution is 2.25. The fourth-order valence-corrected chi connectivity index (χ4v) is 3.52. The molecule has 27 heavy (non-hydrogen) atoms. The lowest BCUT2D eigenvalue weighted by molar-refractivity contribution is -0.142. The van der Waals surface area contributed by atoms with Gasteiger partial charge in [0, 0.05) is 18.8 Å². The van der Waals surface area contributed by atoms with E-state index in [1.807, 2.05) is 0 Å². The average molecular weight is 400 g/mol. The smallest absolute Gasteiger partial charge is 0.328 e. The third kappa shape index (κ3) is 8.34. The second-order valence-electron chi connectivity index (χ2n) is 7.77. The van der Waals surface area contributed by atoms with E-state index < -0.39 is 17.6 Å². The van der Waals surface area contributed by atoms with Crippen molar-refractivity contribution in [3.05, 3.63) is 0 Å². The number of hydrogen-bond donors (Lipinski definition) is 4. The number of carbonyl (C=O) groups excluding carboxylic acids is 2. The monoisotopic (exact) mass is 399 g/mol. The van der Waals surface area contributed by atoms with Gasteiger partial charge in [-0.1, -0.05) is 25.1 Å². The quantitative estimate of drug-likeness (QED) is 0.292. The summed E-state index contributed by atoms with van der Waals surface area (Å²) in [5.41, 5.74) is 4.34. The fraction of sp³-hybridized carbons (Fsp3) is 0.789. The lowest BCUT2D eigenvalue weighted by Gasteiger charge is -2.23. The Bertz CT molecular complexity index is 545. The minimum absolute atomic E-state index is 0.00826. The Morgan fingerprint density at radius 1 is 1.19 bits per heavy atom. The van der Waals surface area contributed by atoms with Gasteiger partial charge in [-0.25, -0.2) is 4.79 Å². The zero-order chi connectivity index (χ0) is 20.4. The van der Waals surface area contributed by atoms with Gasteiger partial charge in [0.05, 0.1) is 11.0 Å². The first-order valence-electron chi connectivity index (χ1n) is 9.75. The standard InChI is InChI=1S/C19H33N3O4S/c1-19(2,18(25)26)22-16(27)11-10-15(23)14(9-5-6-12-20)21-17(24)13-7-3-4-8-13/h13-14H,3-12,20H2,1-2H3,(H,21,24)(H,22,27)(H,25,26)/t14-/m0/s1. The number of carboxylic acids is 1. The van der Waals surface area contributed by atoms with Gasteiger partial charge in [0.1, 0.15) is 5.54 Å². The van der Waals surface area contributed by atoms with Crippen molar-refractivity contribution >= 4 is 34.9 Å². The summed E-state index contributed by atoms with van der Waals surface area (Å²) in [7, 11) is 0. The zero-order valence-electron chi connectivity index (χ0n) is 16.4. The molecule has 5 N–H and O–H groups in total. The highest BCUT2D eigenvalue weighted by molar-refractivity contribution is 7.80. The third-order valence-corrected chi connectivity index (χ3v) is 5.27. The maximum absolute atomic E-state index is 12.6. The predicted octanol–water partition coefficient (Wildman–Crippen LogP) is 1.92. The van der Waals surface area contributed by atoms with Gasteiger partial charge in [0.2, 0.25) is 5.91 Å². The van der Waals surface area contributed by atoms with E-state index in [-0.39, 0.29) is 30.4 Å². The van der Waals surface area contributed by atoms with Gasteiger partial charge in [0.25, 0.3) is 0 Å². The van der Waals surface area contributed by atoms with E-state index in [4.69, 9.17) is 23.1 Å². The number of hydrogen-bond acceptors (Lipinski definition) is 5. The minimum Gasteiger partial charge on any atom is -0.480 e. The van der Waals surface area contributed by atoms with E-state index in [0.717, 1.165) is 38.5 Å². The topological polar surface area (TPSA) is 122 Å². The van der Waals surface area contributed by atoms with Crippen LogP contribution in [0.1, 0.15) is 71.6 Å². The van der Waals surface area contributed by atoms with Crippen LogP contribution in [-0.4, -0.2) is 45.9 Å². The number of rotatable bonds is 12. The molecule has 0 bridgehead atoms. The number of Topliss-reactive ketones (excluding diaryl/α,β-unsaturated/α-hetero) is 1. The maximum atomic E-state index is 12.6. The van der Waals surface area contributed by atoms with Crippen molar-refractivity contribution in [1.82, 2.24) is 10.6 Å². The molecule has 0 aliphatic heterocycles. The van der Waals surface area contributed by atoms with E-state index in [1.165, 1.54) is 13.8 Å². The first-order chi connectivity index (χ1) is 12.7. The van der Waals surface area contributed by atoms with E-state index in [2.05, 4.69) is 10.6 Å². The summed E-state index contributed by atoms with van der Waals surface area (Å²) in [5.74, 6) is -1.12.